The molecule has 1 amide bonds. The largest absolute Gasteiger partial charge is 0.302 e. The average Bonchev–Trinajstić information content (AvgIpc) is 3.06. The van der Waals surface area contributed by atoms with Crippen molar-refractivity contribution in [2.24, 2.45) is 0 Å². The second-order valence-electron chi connectivity index (χ2n) is 6.29. The van der Waals surface area contributed by atoms with Crippen LogP contribution in [0.3, 0.4) is 0 Å². The van der Waals surface area contributed by atoms with E-state index in [2.05, 4.69) is 72.7 Å². The van der Waals surface area contributed by atoms with E-state index in [4.69, 9.17) is 0 Å². The Bertz CT molecular complexity index is 835. The quantitative estimate of drug-likeness (QED) is 0.648. The Hall–Kier alpha value is -2.46. The van der Waals surface area contributed by atoms with Gasteiger partial charge >= 0.3 is 0 Å². The first-order chi connectivity index (χ1) is 12.1. The van der Waals surface area contributed by atoms with Crippen LogP contribution in [0.5, 0.6) is 0 Å². The molecule has 0 atom stereocenters. The summed E-state index contributed by atoms with van der Waals surface area (Å²) in [5, 5.41) is 5.55. The molecular formula is C21H22N2OS. The van der Waals surface area contributed by atoms with Gasteiger partial charge in [0.05, 0.1) is 5.69 Å². The molecule has 3 aromatic rings. The standard InChI is InChI=1S/C21H22N2OS/c1-15-6-10-17(11-7-15)4-3-5-20(24)23-21-22-19(14-25-21)18-12-8-16(2)9-13-18/h6-14H,3-5H2,1-2H3,(H,22,23,24). The van der Waals surface area contributed by atoms with Crippen molar-refractivity contribution in [3.8, 4) is 11.3 Å². The highest BCUT2D eigenvalue weighted by Gasteiger charge is 2.08. The molecule has 0 aliphatic carbocycles. The van der Waals surface area contributed by atoms with Gasteiger partial charge in [-0.1, -0.05) is 59.7 Å². The van der Waals surface area contributed by atoms with Gasteiger partial charge in [0, 0.05) is 17.4 Å². The molecule has 1 aromatic heterocycles. The summed E-state index contributed by atoms with van der Waals surface area (Å²) in [6.45, 7) is 4.14. The molecule has 0 saturated carbocycles. The number of aryl methyl sites for hydroxylation is 3. The zero-order valence-electron chi connectivity index (χ0n) is 14.6. The molecule has 2 aromatic carbocycles. The Morgan fingerprint density at radius 1 is 1.00 bits per heavy atom. The summed E-state index contributed by atoms with van der Waals surface area (Å²) >= 11 is 1.47. The number of carbonyl (C=O) groups is 1. The van der Waals surface area contributed by atoms with Crippen LogP contribution >= 0.6 is 11.3 Å². The van der Waals surface area contributed by atoms with E-state index in [0.29, 0.717) is 11.6 Å². The highest BCUT2D eigenvalue weighted by molar-refractivity contribution is 7.14. The van der Waals surface area contributed by atoms with Gasteiger partial charge in [-0.2, -0.15) is 0 Å². The lowest BCUT2D eigenvalue weighted by Gasteiger charge is -2.03. The van der Waals surface area contributed by atoms with E-state index in [9.17, 15) is 4.79 Å². The van der Waals surface area contributed by atoms with E-state index in [1.807, 2.05) is 5.38 Å². The molecule has 3 nitrogen and oxygen atoms in total. The van der Waals surface area contributed by atoms with Gasteiger partial charge in [0.1, 0.15) is 0 Å². The Kier molecular flexibility index (Phi) is 5.61. The molecular weight excluding hydrogens is 328 g/mol. The van der Waals surface area contributed by atoms with Crippen LogP contribution in [0.4, 0.5) is 5.13 Å². The number of hydrogen-bond acceptors (Lipinski definition) is 3. The fraction of sp³-hybridized carbons (Fsp3) is 0.238. The number of benzene rings is 2. The van der Waals surface area contributed by atoms with Crippen molar-refractivity contribution in [2.45, 2.75) is 33.1 Å². The Morgan fingerprint density at radius 3 is 2.32 bits per heavy atom. The lowest BCUT2D eigenvalue weighted by molar-refractivity contribution is -0.116. The minimum absolute atomic E-state index is 0.0249. The van der Waals surface area contributed by atoms with Crippen molar-refractivity contribution in [2.75, 3.05) is 5.32 Å². The normalized spacial score (nSPS) is 10.6. The number of hydrogen-bond donors (Lipinski definition) is 1. The number of nitrogens with one attached hydrogen (secondary N) is 1. The first kappa shape index (κ1) is 17.4. The van der Waals surface area contributed by atoms with Crippen LogP contribution in [0.25, 0.3) is 11.3 Å². The molecule has 3 rings (SSSR count). The first-order valence-corrected chi connectivity index (χ1v) is 9.36. The monoisotopic (exact) mass is 350 g/mol. The summed E-state index contributed by atoms with van der Waals surface area (Å²) in [5.74, 6) is 0.0249. The number of rotatable bonds is 6. The second kappa shape index (κ2) is 8.08. The van der Waals surface area contributed by atoms with Crippen LogP contribution in [-0.4, -0.2) is 10.9 Å². The molecule has 1 heterocycles. The SMILES string of the molecule is Cc1ccc(CCCC(=O)Nc2nc(-c3ccc(C)cc3)cs2)cc1. The molecule has 1 N–H and O–H groups in total. The smallest absolute Gasteiger partial charge is 0.226 e. The molecule has 0 fully saturated rings. The molecule has 4 heteroatoms. The maximum Gasteiger partial charge on any atom is 0.226 e. The molecule has 0 radical (unpaired) electrons. The van der Waals surface area contributed by atoms with Crippen molar-refractivity contribution in [1.29, 1.82) is 0 Å². The topological polar surface area (TPSA) is 42.0 Å². The van der Waals surface area contributed by atoms with E-state index in [0.717, 1.165) is 24.1 Å². The summed E-state index contributed by atoms with van der Waals surface area (Å²) in [5.41, 5.74) is 5.73. The molecule has 25 heavy (non-hydrogen) atoms. The molecule has 0 saturated heterocycles. The van der Waals surface area contributed by atoms with Crippen LogP contribution in [0.15, 0.2) is 53.9 Å². The van der Waals surface area contributed by atoms with Gasteiger partial charge in [0.25, 0.3) is 0 Å². The summed E-state index contributed by atoms with van der Waals surface area (Å²) < 4.78 is 0. The maximum atomic E-state index is 12.1. The Balaban J connectivity index is 1.49. The number of anilines is 1. The number of thiazole rings is 1. The fourth-order valence-corrected chi connectivity index (χ4v) is 3.31. The lowest BCUT2D eigenvalue weighted by atomic mass is 10.1. The Morgan fingerprint density at radius 2 is 1.64 bits per heavy atom. The van der Waals surface area contributed by atoms with Crippen molar-refractivity contribution in [3.63, 3.8) is 0 Å². The summed E-state index contributed by atoms with van der Waals surface area (Å²) in [6, 6.07) is 16.7. The molecule has 128 valence electrons. The average molecular weight is 350 g/mol. The van der Waals surface area contributed by atoms with E-state index in [1.54, 1.807) is 0 Å². The molecule has 0 aliphatic heterocycles. The zero-order valence-corrected chi connectivity index (χ0v) is 15.4. The van der Waals surface area contributed by atoms with Gasteiger partial charge in [-0.05, 0) is 32.3 Å². The second-order valence-corrected chi connectivity index (χ2v) is 7.15. The van der Waals surface area contributed by atoms with Gasteiger partial charge in [0.2, 0.25) is 5.91 Å². The van der Waals surface area contributed by atoms with Crippen LogP contribution < -0.4 is 5.32 Å². The maximum absolute atomic E-state index is 12.1. The number of nitrogens with zero attached hydrogens (tertiary/aromatic N) is 1. The highest BCUT2D eigenvalue weighted by atomic mass is 32.1. The van der Waals surface area contributed by atoms with Gasteiger partial charge in [-0.25, -0.2) is 4.98 Å². The highest BCUT2D eigenvalue weighted by Crippen LogP contribution is 2.25. The van der Waals surface area contributed by atoms with Crippen molar-refractivity contribution >= 4 is 22.4 Å². The van der Waals surface area contributed by atoms with Crippen LogP contribution in [0, 0.1) is 13.8 Å². The lowest BCUT2D eigenvalue weighted by Crippen LogP contribution is -2.11. The zero-order chi connectivity index (χ0) is 17.6. The Labute approximate surface area is 152 Å². The fourth-order valence-electron chi connectivity index (χ4n) is 2.58. The number of amides is 1. The van der Waals surface area contributed by atoms with Crippen molar-refractivity contribution < 1.29 is 4.79 Å². The summed E-state index contributed by atoms with van der Waals surface area (Å²) in [4.78, 5) is 16.6. The number of carbonyl (C=O) groups excluding carboxylic acids is 1. The van der Waals surface area contributed by atoms with E-state index < -0.39 is 0 Å². The number of aromatic nitrogens is 1. The van der Waals surface area contributed by atoms with Gasteiger partial charge in [0.15, 0.2) is 5.13 Å². The van der Waals surface area contributed by atoms with Crippen LogP contribution in [-0.2, 0) is 11.2 Å². The summed E-state index contributed by atoms with van der Waals surface area (Å²) in [6.07, 6.45) is 2.26. The molecule has 0 unspecified atom stereocenters. The molecule has 0 bridgehead atoms. The van der Waals surface area contributed by atoms with Gasteiger partial charge < -0.3 is 5.32 Å². The third-order valence-electron chi connectivity index (χ3n) is 4.09. The first-order valence-electron chi connectivity index (χ1n) is 8.48. The molecule has 0 aliphatic rings. The third kappa shape index (κ3) is 5.00. The van der Waals surface area contributed by atoms with Crippen LogP contribution in [0.1, 0.15) is 29.5 Å². The predicted molar refractivity (Wildman–Crippen MR) is 105 cm³/mol. The van der Waals surface area contributed by atoms with Crippen LogP contribution in [0.2, 0.25) is 0 Å². The minimum atomic E-state index is 0.0249. The van der Waals surface area contributed by atoms with Gasteiger partial charge in [-0.3, -0.25) is 4.79 Å². The molecule has 0 spiro atoms. The predicted octanol–water partition coefficient (Wildman–Crippen LogP) is 5.39. The minimum Gasteiger partial charge on any atom is -0.302 e. The summed E-state index contributed by atoms with van der Waals surface area (Å²) in [7, 11) is 0. The van der Waals surface area contributed by atoms with Crippen molar-refractivity contribution in [1.82, 2.24) is 4.98 Å². The van der Waals surface area contributed by atoms with E-state index in [-0.39, 0.29) is 5.91 Å². The van der Waals surface area contributed by atoms with E-state index >= 15 is 0 Å². The van der Waals surface area contributed by atoms with Crippen molar-refractivity contribution in [3.05, 3.63) is 70.6 Å². The van der Waals surface area contributed by atoms with E-state index in [1.165, 1.54) is 28.0 Å². The third-order valence-corrected chi connectivity index (χ3v) is 4.85. The van der Waals surface area contributed by atoms with Gasteiger partial charge in [-0.15, -0.1) is 11.3 Å².